The standard InChI is InChI=1S/C19H22N2O6/c1-7-11-15(13(10-20-27-6)21-16(11)19(22)26-5)12-8-9-14(23-2)18(25-4)17(12)24-3/h7-10,21H,1H2,2-6H3. The second-order valence-corrected chi connectivity index (χ2v) is 5.20. The first-order valence-corrected chi connectivity index (χ1v) is 7.90. The summed E-state index contributed by atoms with van der Waals surface area (Å²) in [6.45, 7) is 3.82. The Morgan fingerprint density at radius 3 is 2.30 bits per heavy atom. The fourth-order valence-electron chi connectivity index (χ4n) is 2.79. The molecule has 8 heteroatoms. The predicted molar refractivity (Wildman–Crippen MR) is 102 cm³/mol. The molecule has 144 valence electrons. The molecule has 0 saturated carbocycles. The fraction of sp³-hybridized carbons (Fsp3) is 0.263. The first kappa shape index (κ1) is 19.9. The highest BCUT2D eigenvalue weighted by Crippen LogP contribution is 2.46. The first-order chi connectivity index (χ1) is 13.1. The van der Waals surface area contributed by atoms with Crippen molar-refractivity contribution in [3.63, 3.8) is 0 Å². The smallest absolute Gasteiger partial charge is 0.355 e. The van der Waals surface area contributed by atoms with Crippen molar-refractivity contribution in [2.45, 2.75) is 0 Å². The molecule has 1 aromatic carbocycles. The van der Waals surface area contributed by atoms with E-state index in [4.69, 9.17) is 23.8 Å². The summed E-state index contributed by atoms with van der Waals surface area (Å²) < 4.78 is 21.2. The molecule has 8 nitrogen and oxygen atoms in total. The van der Waals surface area contributed by atoms with E-state index in [1.807, 2.05) is 0 Å². The van der Waals surface area contributed by atoms with Gasteiger partial charge in [0.15, 0.2) is 11.5 Å². The Morgan fingerprint density at radius 2 is 1.78 bits per heavy atom. The minimum absolute atomic E-state index is 0.233. The molecule has 0 aliphatic carbocycles. The van der Waals surface area contributed by atoms with E-state index in [-0.39, 0.29) is 5.69 Å². The van der Waals surface area contributed by atoms with Crippen molar-refractivity contribution >= 4 is 18.3 Å². The number of nitrogens with one attached hydrogen (secondary N) is 1. The number of nitrogens with zero attached hydrogens (tertiary/aromatic N) is 1. The number of methoxy groups -OCH3 is 4. The van der Waals surface area contributed by atoms with Crippen LogP contribution in [0.15, 0.2) is 23.9 Å². The number of oxime groups is 1. The van der Waals surface area contributed by atoms with Gasteiger partial charge in [-0.1, -0.05) is 17.8 Å². The van der Waals surface area contributed by atoms with Gasteiger partial charge < -0.3 is 28.8 Å². The van der Waals surface area contributed by atoms with Gasteiger partial charge in [-0.15, -0.1) is 0 Å². The number of carbonyl (C=O) groups is 1. The highest BCUT2D eigenvalue weighted by molar-refractivity contribution is 6.03. The Hall–Kier alpha value is -3.42. The Kier molecular flexibility index (Phi) is 6.48. The molecule has 2 rings (SSSR count). The maximum Gasteiger partial charge on any atom is 0.355 e. The maximum absolute atomic E-state index is 12.2. The van der Waals surface area contributed by atoms with Crippen molar-refractivity contribution in [2.75, 3.05) is 35.5 Å². The maximum atomic E-state index is 12.2. The predicted octanol–water partition coefficient (Wildman–Crippen LogP) is 3.12. The Balaban J connectivity index is 2.88. The highest BCUT2D eigenvalue weighted by atomic mass is 16.6. The van der Waals surface area contributed by atoms with Crippen LogP contribution in [0.25, 0.3) is 17.2 Å². The summed E-state index contributed by atoms with van der Waals surface area (Å²) in [5.41, 5.74) is 2.55. The second kappa shape index (κ2) is 8.79. The summed E-state index contributed by atoms with van der Waals surface area (Å²) in [4.78, 5) is 20.0. The monoisotopic (exact) mass is 374 g/mol. The van der Waals surface area contributed by atoms with Crippen LogP contribution in [0.2, 0.25) is 0 Å². The van der Waals surface area contributed by atoms with E-state index in [1.54, 1.807) is 18.2 Å². The number of benzene rings is 1. The molecule has 0 bridgehead atoms. The molecule has 2 aromatic rings. The molecule has 0 saturated heterocycles. The lowest BCUT2D eigenvalue weighted by atomic mass is 9.98. The molecular weight excluding hydrogens is 352 g/mol. The van der Waals surface area contributed by atoms with Crippen molar-refractivity contribution in [1.82, 2.24) is 4.98 Å². The molecule has 0 aliphatic heterocycles. The van der Waals surface area contributed by atoms with Gasteiger partial charge in [0.2, 0.25) is 5.75 Å². The van der Waals surface area contributed by atoms with Crippen molar-refractivity contribution in [2.24, 2.45) is 5.16 Å². The van der Waals surface area contributed by atoms with E-state index >= 15 is 0 Å². The highest BCUT2D eigenvalue weighted by Gasteiger charge is 2.26. The van der Waals surface area contributed by atoms with Crippen LogP contribution >= 0.6 is 0 Å². The molecule has 0 amide bonds. The van der Waals surface area contributed by atoms with Gasteiger partial charge in [0, 0.05) is 16.7 Å². The number of hydrogen-bond donors (Lipinski definition) is 1. The number of esters is 1. The molecule has 0 unspecified atom stereocenters. The second-order valence-electron chi connectivity index (χ2n) is 5.20. The molecule has 27 heavy (non-hydrogen) atoms. The summed E-state index contributed by atoms with van der Waals surface area (Å²) in [7, 11) is 7.30. The van der Waals surface area contributed by atoms with Crippen LogP contribution < -0.4 is 14.2 Å². The molecule has 1 heterocycles. The number of carbonyl (C=O) groups excluding carboxylic acids is 1. The molecule has 1 N–H and O–H groups in total. The average Bonchev–Trinajstić information content (AvgIpc) is 3.08. The zero-order chi connectivity index (χ0) is 20.0. The Bertz CT molecular complexity index is 870. The van der Waals surface area contributed by atoms with Crippen LogP contribution in [0.4, 0.5) is 0 Å². The largest absolute Gasteiger partial charge is 0.493 e. The molecule has 0 atom stereocenters. The van der Waals surface area contributed by atoms with Gasteiger partial charge >= 0.3 is 5.97 Å². The van der Waals surface area contributed by atoms with Crippen LogP contribution in [0.5, 0.6) is 17.2 Å². The van der Waals surface area contributed by atoms with E-state index < -0.39 is 5.97 Å². The Morgan fingerprint density at radius 1 is 1.07 bits per heavy atom. The lowest BCUT2D eigenvalue weighted by molar-refractivity contribution is 0.0594. The summed E-state index contributed by atoms with van der Waals surface area (Å²) in [5, 5.41) is 3.79. The lowest BCUT2D eigenvalue weighted by Crippen LogP contribution is -2.03. The zero-order valence-corrected chi connectivity index (χ0v) is 15.9. The van der Waals surface area contributed by atoms with Crippen LogP contribution in [-0.2, 0) is 9.57 Å². The van der Waals surface area contributed by atoms with E-state index in [0.29, 0.717) is 39.6 Å². The van der Waals surface area contributed by atoms with Gasteiger partial charge in [0.25, 0.3) is 0 Å². The normalized spacial score (nSPS) is 10.6. The van der Waals surface area contributed by atoms with Crippen molar-refractivity contribution < 1.29 is 28.6 Å². The molecule has 0 aliphatic rings. The van der Waals surface area contributed by atoms with Crippen LogP contribution in [-0.4, -0.2) is 52.7 Å². The van der Waals surface area contributed by atoms with Gasteiger partial charge in [-0.2, -0.15) is 0 Å². The minimum Gasteiger partial charge on any atom is -0.493 e. The molecule has 0 spiro atoms. The molecule has 1 aromatic heterocycles. The van der Waals surface area contributed by atoms with Gasteiger partial charge in [-0.25, -0.2) is 4.79 Å². The fourth-order valence-corrected chi connectivity index (χ4v) is 2.79. The topological polar surface area (TPSA) is 91.4 Å². The van der Waals surface area contributed by atoms with Gasteiger partial charge in [0.1, 0.15) is 12.8 Å². The van der Waals surface area contributed by atoms with Crippen molar-refractivity contribution in [3.05, 3.63) is 35.7 Å². The third-order valence-corrected chi connectivity index (χ3v) is 3.92. The average molecular weight is 374 g/mol. The van der Waals surface area contributed by atoms with Crippen LogP contribution in [0.3, 0.4) is 0 Å². The zero-order valence-electron chi connectivity index (χ0n) is 15.9. The van der Waals surface area contributed by atoms with Crippen LogP contribution in [0.1, 0.15) is 21.7 Å². The molecule has 0 radical (unpaired) electrons. The number of aromatic nitrogens is 1. The molecular formula is C19H22N2O6. The third-order valence-electron chi connectivity index (χ3n) is 3.92. The summed E-state index contributed by atoms with van der Waals surface area (Å²) in [5.74, 6) is 0.821. The summed E-state index contributed by atoms with van der Waals surface area (Å²) >= 11 is 0. The number of rotatable bonds is 8. The number of aromatic amines is 1. The third kappa shape index (κ3) is 3.59. The van der Waals surface area contributed by atoms with Crippen molar-refractivity contribution in [1.29, 1.82) is 0 Å². The van der Waals surface area contributed by atoms with Crippen molar-refractivity contribution in [3.8, 4) is 28.4 Å². The number of hydrogen-bond acceptors (Lipinski definition) is 7. The van der Waals surface area contributed by atoms with E-state index in [0.717, 1.165) is 0 Å². The van der Waals surface area contributed by atoms with E-state index in [2.05, 4.69) is 16.7 Å². The lowest BCUT2D eigenvalue weighted by Gasteiger charge is -2.16. The van der Waals surface area contributed by atoms with Crippen LogP contribution in [0, 0.1) is 0 Å². The van der Waals surface area contributed by atoms with Gasteiger partial charge in [-0.05, 0) is 12.1 Å². The quantitative estimate of drug-likeness (QED) is 0.434. The Labute approximate surface area is 157 Å². The van der Waals surface area contributed by atoms with Gasteiger partial charge in [-0.3, -0.25) is 0 Å². The number of ether oxygens (including phenoxy) is 4. The number of H-pyrrole nitrogens is 1. The SMILES string of the molecule is C=Cc1c(C(=O)OC)[nH]c(C=NOC)c1-c1ccc(OC)c(OC)c1OC. The first-order valence-electron chi connectivity index (χ1n) is 7.90. The van der Waals surface area contributed by atoms with E-state index in [1.165, 1.54) is 41.8 Å². The molecule has 0 fully saturated rings. The van der Waals surface area contributed by atoms with E-state index in [9.17, 15) is 4.79 Å². The van der Waals surface area contributed by atoms with Gasteiger partial charge in [0.05, 0.1) is 40.3 Å². The summed E-state index contributed by atoms with van der Waals surface area (Å²) in [6.07, 6.45) is 3.00. The summed E-state index contributed by atoms with van der Waals surface area (Å²) in [6, 6.07) is 3.53. The minimum atomic E-state index is -0.539.